The van der Waals surface area contributed by atoms with E-state index in [1.165, 1.54) is 7.11 Å². The molecule has 43 heavy (non-hydrogen) atoms. The minimum Gasteiger partial charge on any atom is -0.466 e. The van der Waals surface area contributed by atoms with E-state index < -0.39 is 28.6 Å². The first-order valence-electron chi connectivity index (χ1n) is 16.0. The Morgan fingerprint density at radius 2 is 1.51 bits per heavy atom. The highest BCUT2D eigenvalue weighted by molar-refractivity contribution is 8.13. The Morgan fingerprint density at radius 1 is 0.977 bits per heavy atom. The van der Waals surface area contributed by atoms with Crippen molar-refractivity contribution in [2.75, 3.05) is 12.9 Å². The van der Waals surface area contributed by atoms with Crippen LogP contribution in [-0.4, -0.2) is 58.8 Å². The number of carbonyl (C=O) groups excluding carboxylic acids is 2. The van der Waals surface area contributed by atoms with Gasteiger partial charge in [-0.25, -0.2) is 4.79 Å². The molecule has 11 heteroatoms. The van der Waals surface area contributed by atoms with Gasteiger partial charge in [0, 0.05) is 16.2 Å². The van der Waals surface area contributed by atoms with Crippen LogP contribution in [0.1, 0.15) is 95.9 Å². The summed E-state index contributed by atoms with van der Waals surface area (Å²) < 4.78 is 18.8. The first-order valence-corrected chi connectivity index (χ1v) is 22.4. The zero-order valence-electron chi connectivity index (χ0n) is 30.0. The van der Waals surface area contributed by atoms with Crippen molar-refractivity contribution >= 4 is 39.5 Å². The maximum Gasteiger partial charge on any atom is 0.333 e. The summed E-state index contributed by atoms with van der Waals surface area (Å²) in [5.74, 6) is -0.322. The van der Waals surface area contributed by atoms with E-state index in [2.05, 4.69) is 92.4 Å². The zero-order chi connectivity index (χ0) is 33.8. The first kappa shape index (κ1) is 41.9. The van der Waals surface area contributed by atoms with E-state index in [-0.39, 0.29) is 45.4 Å². The van der Waals surface area contributed by atoms with Crippen molar-refractivity contribution in [3.63, 3.8) is 0 Å². The molecular weight excluding hydrogens is 595 g/mol. The van der Waals surface area contributed by atoms with Gasteiger partial charge in [-0.05, 0) is 72.9 Å². The number of thioether (sulfide) groups is 1. The van der Waals surface area contributed by atoms with Gasteiger partial charge >= 0.3 is 5.97 Å². The SMILES string of the molecule is CC[Si](CC)(CC)O[C@@H](C[C@@H](C)C[C@H](O[Si](C)(C)C(C)(C)C)[C@H](C)C(=O)SC[C@H](/C=C(\C)C(=O)OC)N=[N+]=[N-])C(C)(C)C. The smallest absolute Gasteiger partial charge is 0.333 e. The van der Waals surface area contributed by atoms with Gasteiger partial charge in [-0.15, -0.1) is 0 Å². The molecule has 0 aliphatic heterocycles. The van der Waals surface area contributed by atoms with Crippen molar-refractivity contribution in [1.29, 1.82) is 0 Å². The van der Waals surface area contributed by atoms with Gasteiger partial charge < -0.3 is 13.6 Å². The maximum atomic E-state index is 13.6. The number of esters is 1. The van der Waals surface area contributed by atoms with Crippen molar-refractivity contribution in [3.05, 3.63) is 22.1 Å². The number of carbonyl (C=O) groups is 2. The number of hydrogen-bond acceptors (Lipinski definition) is 7. The molecular formula is C32H63N3O5SSi2. The molecule has 0 aliphatic carbocycles. The Labute approximate surface area is 269 Å². The van der Waals surface area contributed by atoms with Gasteiger partial charge in [0.15, 0.2) is 21.8 Å². The second-order valence-corrected chi connectivity index (χ2v) is 25.2. The van der Waals surface area contributed by atoms with Crippen molar-refractivity contribution in [2.45, 2.75) is 150 Å². The van der Waals surface area contributed by atoms with Crippen LogP contribution in [0.15, 0.2) is 16.8 Å². The quantitative estimate of drug-likeness (QED) is 0.0362. The van der Waals surface area contributed by atoms with E-state index in [1.807, 2.05) is 6.92 Å². The van der Waals surface area contributed by atoms with E-state index >= 15 is 0 Å². The topological polar surface area (TPSA) is 111 Å². The van der Waals surface area contributed by atoms with Gasteiger partial charge in [-0.3, -0.25) is 4.79 Å². The van der Waals surface area contributed by atoms with Crippen LogP contribution in [0.5, 0.6) is 0 Å². The second kappa shape index (κ2) is 18.1. The van der Waals surface area contributed by atoms with Crippen molar-refractivity contribution in [3.8, 4) is 0 Å². The second-order valence-electron chi connectivity index (χ2n) is 14.7. The van der Waals surface area contributed by atoms with Gasteiger partial charge in [-0.1, -0.05) is 99.1 Å². The summed E-state index contributed by atoms with van der Waals surface area (Å²) >= 11 is 1.13. The fourth-order valence-corrected chi connectivity index (χ4v) is 10.2. The Kier molecular flexibility index (Phi) is 17.7. The Morgan fingerprint density at radius 3 is 1.93 bits per heavy atom. The minimum absolute atomic E-state index is 0.00114. The third-order valence-corrected chi connectivity index (χ3v) is 19.6. The highest BCUT2D eigenvalue weighted by Crippen LogP contribution is 2.41. The van der Waals surface area contributed by atoms with E-state index in [9.17, 15) is 9.59 Å². The van der Waals surface area contributed by atoms with Gasteiger partial charge in [0.1, 0.15) is 0 Å². The number of rotatable bonds is 18. The fourth-order valence-electron chi connectivity index (χ4n) is 4.80. The summed E-state index contributed by atoms with van der Waals surface area (Å²) in [7, 11) is -2.68. The third kappa shape index (κ3) is 13.8. The van der Waals surface area contributed by atoms with E-state index in [0.29, 0.717) is 5.57 Å². The molecule has 0 heterocycles. The summed E-state index contributed by atoms with van der Waals surface area (Å²) in [5.41, 5.74) is 9.40. The molecule has 8 nitrogen and oxygen atoms in total. The maximum absolute atomic E-state index is 13.6. The molecule has 250 valence electrons. The monoisotopic (exact) mass is 657 g/mol. The van der Waals surface area contributed by atoms with E-state index in [4.69, 9.17) is 19.1 Å². The Balaban J connectivity index is 6.09. The third-order valence-electron chi connectivity index (χ3n) is 9.27. The Bertz CT molecular complexity index is 959. The molecule has 0 saturated carbocycles. The van der Waals surface area contributed by atoms with Crippen LogP contribution in [0.3, 0.4) is 0 Å². The molecule has 0 bridgehead atoms. The molecule has 0 saturated heterocycles. The highest BCUT2D eigenvalue weighted by atomic mass is 32.2. The van der Waals surface area contributed by atoms with Crippen molar-refractivity contribution < 1.29 is 23.2 Å². The predicted molar refractivity (Wildman–Crippen MR) is 187 cm³/mol. The lowest BCUT2D eigenvalue weighted by Crippen LogP contribution is -2.47. The molecule has 0 aliphatic rings. The summed E-state index contributed by atoms with van der Waals surface area (Å²) in [6.07, 6.45) is 3.13. The lowest BCUT2D eigenvalue weighted by molar-refractivity contribution is -0.136. The van der Waals surface area contributed by atoms with Crippen molar-refractivity contribution in [1.82, 2.24) is 0 Å². The molecule has 0 radical (unpaired) electrons. The van der Waals surface area contributed by atoms with Crippen LogP contribution in [-0.2, 0) is 23.2 Å². The van der Waals surface area contributed by atoms with Crippen LogP contribution in [0.4, 0.5) is 0 Å². The number of hydrogen-bond donors (Lipinski definition) is 0. The summed E-state index contributed by atoms with van der Waals surface area (Å²) in [5, 5.41) is 3.79. The molecule has 0 aromatic heterocycles. The molecule has 0 rings (SSSR count). The minimum atomic E-state index is -2.19. The van der Waals surface area contributed by atoms with Crippen LogP contribution in [0, 0.1) is 17.3 Å². The molecule has 5 atom stereocenters. The molecule has 0 aromatic carbocycles. The van der Waals surface area contributed by atoms with Gasteiger partial charge in [0.2, 0.25) is 0 Å². The number of azide groups is 1. The van der Waals surface area contributed by atoms with Gasteiger partial charge in [0.05, 0.1) is 31.3 Å². The van der Waals surface area contributed by atoms with E-state index in [0.717, 1.165) is 42.7 Å². The normalized spacial score (nSPS) is 17.0. The largest absolute Gasteiger partial charge is 0.466 e. The molecule has 0 fully saturated rings. The number of methoxy groups -OCH3 is 1. The van der Waals surface area contributed by atoms with Crippen LogP contribution in [0.25, 0.3) is 10.4 Å². The molecule has 0 spiro atoms. The molecule has 0 amide bonds. The standard InChI is InChI=1S/C32H63N3O5SSi2/c1-16-43(17-2,18-3)40-28(31(7,8)9)20-23(4)19-27(39-42(14,15)32(10,11)12)25(6)30(37)41-22-26(34-35-33)21-24(5)29(36)38-13/h21,23,25-28H,16-20,22H2,1-15H3/b24-21+/t23-,25-,26-,27-,28-/m0/s1. The van der Waals surface area contributed by atoms with Gasteiger partial charge in [0.25, 0.3) is 0 Å². The average Bonchev–Trinajstić information content (AvgIpc) is 2.91. The summed E-state index contributed by atoms with van der Waals surface area (Å²) in [6.45, 7) is 30.6. The molecule has 0 unspecified atom stereocenters. The van der Waals surface area contributed by atoms with Crippen LogP contribution >= 0.6 is 11.8 Å². The number of ether oxygens (including phenoxy) is 1. The van der Waals surface area contributed by atoms with Crippen molar-refractivity contribution in [2.24, 2.45) is 22.4 Å². The number of nitrogens with zero attached hydrogens (tertiary/aromatic N) is 3. The van der Waals surface area contributed by atoms with E-state index in [1.54, 1.807) is 13.0 Å². The summed E-state index contributed by atoms with van der Waals surface area (Å²) in [4.78, 5) is 28.4. The summed E-state index contributed by atoms with van der Waals surface area (Å²) in [6, 6.07) is 2.71. The lowest BCUT2D eigenvalue weighted by atomic mass is 9.82. The fraction of sp³-hybridized carbons (Fsp3) is 0.875. The zero-order valence-corrected chi connectivity index (χ0v) is 32.8. The predicted octanol–water partition coefficient (Wildman–Crippen LogP) is 9.92. The highest BCUT2D eigenvalue weighted by Gasteiger charge is 2.42. The average molecular weight is 658 g/mol. The Hall–Kier alpha value is -1.11. The van der Waals surface area contributed by atoms with Crippen LogP contribution < -0.4 is 0 Å². The lowest BCUT2D eigenvalue weighted by Gasteiger charge is -2.43. The molecule has 0 aromatic rings. The van der Waals surface area contributed by atoms with Crippen LogP contribution in [0.2, 0.25) is 36.3 Å². The van der Waals surface area contributed by atoms with Gasteiger partial charge in [-0.2, -0.15) is 0 Å². The molecule has 0 N–H and O–H groups in total. The first-order chi connectivity index (χ1) is 19.6.